The van der Waals surface area contributed by atoms with Crippen molar-refractivity contribution in [2.24, 2.45) is 0 Å². The van der Waals surface area contributed by atoms with Crippen molar-refractivity contribution >= 4 is 10.8 Å². The second-order valence-electron chi connectivity index (χ2n) is 6.00. The number of aromatic nitrogens is 5. The van der Waals surface area contributed by atoms with Crippen LogP contribution < -0.4 is 10.3 Å². The van der Waals surface area contributed by atoms with Gasteiger partial charge in [0.15, 0.2) is 11.6 Å². The van der Waals surface area contributed by atoms with Gasteiger partial charge in [0, 0.05) is 29.2 Å². The van der Waals surface area contributed by atoms with Gasteiger partial charge in [0.05, 0.1) is 24.4 Å². The average molecular weight is 365 g/mol. The van der Waals surface area contributed by atoms with Gasteiger partial charge in [0.1, 0.15) is 0 Å². The molecule has 8 heteroatoms. The summed E-state index contributed by atoms with van der Waals surface area (Å²) in [5.74, 6) is -0.176. The van der Waals surface area contributed by atoms with Gasteiger partial charge in [0.2, 0.25) is 0 Å². The fourth-order valence-corrected chi connectivity index (χ4v) is 3.30. The number of nitrogens with zero attached hydrogens (tertiary/aromatic N) is 5. The number of hydrogen-bond donors (Lipinski definition) is 0. The van der Waals surface area contributed by atoms with E-state index in [0.29, 0.717) is 27.8 Å². The van der Waals surface area contributed by atoms with Crippen LogP contribution in [-0.2, 0) is 0 Å². The molecule has 0 spiro atoms. The smallest absolute Gasteiger partial charge is 0.283 e. The highest BCUT2D eigenvalue weighted by molar-refractivity contribution is 5.88. The Hall–Kier alpha value is -3.55. The molecule has 0 unspecified atom stereocenters. The number of rotatable bonds is 3. The Morgan fingerprint density at radius 1 is 1.07 bits per heavy atom. The molecule has 136 valence electrons. The number of hydrogen-bond acceptors (Lipinski definition) is 5. The third-order valence-corrected chi connectivity index (χ3v) is 4.55. The summed E-state index contributed by atoms with van der Waals surface area (Å²) in [5.41, 5.74) is 1.26. The molecule has 1 aromatic carbocycles. The lowest BCUT2D eigenvalue weighted by molar-refractivity contribution is 0.385. The maximum Gasteiger partial charge on any atom is 0.283 e. The Bertz CT molecular complexity index is 1210. The zero-order valence-electron chi connectivity index (χ0n) is 15.0. The molecule has 3 aromatic heterocycles. The van der Waals surface area contributed by atoms with Gasteiger partial charge in [0.25, 0.3) is 11.5 Å². The molecule has 3 heterocycles. The van der Waals surface area contributed by atoms with Crippen LogP contribution in [0.15, 0.2) is 47.7 Å². The van der Waals surface area contributed by atoms with Crippen LogP contribution in [0.5, 0.6) is 5.75 Å². The molecule has 0 bridgehead atoms. The van der Waals surface area contributed by atoms with Crippen LogP contribution >= 0.6 is 0 Å². The summed E-state index contributed by atoms with van der Waals surface area (Å²) in [6.07, 6.45) is 4.65. The highest BCUT2D eigenvalue weighted by Gasteiger charge is 2.21. The first-order chi connectivity index (χ1) is 13.0. The highest BCUT2D eigenvalue weighted by Crippen LogP contribution is 2.30. The minimum Gasteiger partial charge on any atom is -0.494 e. The molecule has 0 N–H and O–H groups in total. The monoisotopic (exact) mass is 365 g/mol. The van der Waals surface area contributed by atoms with E-state index >= 15 is 0 Å². The molecule has 0 fully saturated rings. The van der Waals surface area contributed by atoms with Gasteiger partial charge in [-0.3, -0.25) is 4.79 Å². The summed E-state index contributed by atoms with van der Waals surface area (Å²) >= 11 is 0. The molecule has 0 saturated heterocycles. The summed E-state index contributed by atoms with van der Waals surface area (Å²) in [5, 5.41) is 5.28. The SMILES string of the molecule is COc1cccc(-n2c(C)c3cnn(-c4ncccn4)c(=O)c3c2C)c1F. The Morgan fingerprint density at radius 2 is 1.81 bits per heavy atom. The predicted molar refractivity (Wildman–Crippen MR) is 98.2 cm³/mol. The molecule has 4 aromatic rings. The van der Waals surface area contributed by atoms with Crippen LogP contribution in [0.1, 0.15) is 11.4 Å². The maximum absolute atomic E-state index is 14.8. The van der Waals surface area contributed by atoms with Crippen LogP contribution in [0.2, 0.25) is 0 Å². The molecule has 0 aliphatic carbocycles. The van der Waals surface area contributed by atoms with E-state index < -0.39 is 5.82 Å². The summed E-state index contributed by atoms with van der Waals surface area (Å²) < 4.78 is 22.7. The second kappa shape index (κ2) is 6.31. The normalized spacial score (nSPS) is 11.1. The standard InChI is InChI=1S/C19H16FN5O2/c1-11-13-10-23-25(19-21-8-5-9-22-19)18(26)16(13)12(2)24(11)14-6-4-7-15(27-3)17(14)20/h4-10H,1-3H3. The number of ether oxygens (including phenoxy) is 1. The maximum atomic E-state index is 14.8. The molecule has 0 amide bonds. The van der Waals surface area contributed by atoms with Gasteiger partial charge < -0.3 is 9.30 Å². The van der Waals surface area contributed by atoms with Crippen LogP contribution in [0.3, 0.4) is 0 Å². The van der Waals surface area contributed by atoms with E-state index in [-0.39, 0.29) is 17.3 Å². The molecule has 0 aliphatic rings. The lowest BCUT2D eigenvalue weighted by Gasteiger charge is -2.12. The van der Waals surface area contributed by atoms with Crippen molar-refractivity contribution in [3.63, 3.8) is 0 Å². The van der Waals surface area contributed by atoms with Gasteiger partial charge in [-0.15, -0.1) is 0 Å². The zero-order valence-corrected chi connectivity index (χ0v) is 15.0. The van der Waals surface area contributed by atoms with Gasteiger partial charge in [-0.1, -0.05) is 6.07 Å². The summed E-state index contributed by atoms with van der Waals surface area (Å²) in [6.45, 7) is 3.59. The lowest BCUT2D eigenvalue weighted by Crippen LogP contribution is -2.22. The van der Waals surface area contributed by atoms with Crippen molar-refractivity contribution in [2.45, 2.75) is 13.8 Å². The Labute approximate surface area is 153 Å². The predicted octanol–water partition coefficient (Wildman–Crippen LogP) is 2.73. The minimum absolute atomic E-state index is 0.136. The third kappa shape index (κ3) is 2.49. The molecule has 0 radical (unpaired) electrons. The van der Waals surface area contributed by atoms with Gasteiger partial charge in [-0.25, -0.2) is 14.4 Å². The molecule has 7 nitrogen and oxygen atoms in total. The van der Waals surface area contributed by atoms with E-state index in [1.165, 1.54) is 19.5 Å². The van der Waals surface area contributed by atoms with Crippen molar-refractivity contribution < 1.29 is 9.13 Å². The molecule has 0 atom stereocenters. The third-order valence-electron chi connectivity index (χ3n) is 4.55. The molecular formula is C19H16FN5O2. The fraction of sp³-hybridized carbons (Fsp3) is 0.158. The van der Waals surface area contributed by atoms with E-state index in [9.17, 15) is 9.18 Å². The average Bonchev–Trinajstić information content (AvgIpc) is 2.94. The number of methoxy groups -OCH3 is 1. The van der Waals surface area contributed by atoms with Crippen LogP contribution in [-0.4, -0.2) is 31.4 Å². The molecule has 0 aliphatic heterocycles. The first kappa shape index (κ1) is 16.9. The van der Waals surface area contributed by atoms with E-state index in [2.05, 4.69) is 15.1 Å². The minimum atomic E-state index is -0.494. The number of fused-ring (bicyclic) bond motifs is 1. The molecule has 4 rings (SSSR count). The number of benzene rings is 1. The Kier molecular flexibility index (Phi) is 3.95. The largest absolute Gasteiger partial charge is 0.494 e. The molecule has 0 saturated carbocycles. The zero-order chi connectivity index (χ0) is 19.1. The summed E-state index contributed by atoms with van der Waals surface area (Å²) in [7, 11) is 1.41. The van der Waals surface area contributed by atoms with Gasteiger partial charge in [-0.2, -0.15) is 9.78 Å². The van der Waals surface area contributed by atoms with Crippen molar-refractivity contribution in [1.82, 2.24) is 24.3 Å². The molecule has 27 heavy (non-hydrogen) atoms. The van der Waals surface area contributed by atoms with E-state index in [0.717, 1.165) is 4.68 Å². The number of aryl methyl sites for hydroxylation is 2. The van der Waals surface area contributed by atoms with Gasteiger partial charge >= 0.3 is 0 Å². The second-order valence-corrected chi connectivity index (χ2v) is 6.00. The quantitative estimate of drug-likeness (QED) is 0.558. The summed E-state index contributed by atoms with van der Waals surface area (Å²) in [6, 6.07) is 6.55. The van der Waals surface area contributed by atoms with E-state index in [1.807, 2.05) is 6.92 Å². The molecular weight excluding hydrogens is 349 g/mol. The van der Waals surface area contributed by atoms with Crippen molar-refractivity contribution in [1.29, 1.82) is 0 Å². The van der Waals surface area contributed by atoms with Crippen LogP contribution in [0.25, 0.3) is 22.4 Å². The first-order valence-corrected chi connectivity index (χ1v) is 8.24. The van der Waals surface area contributed by atoms with Crippen molar-refractivity contribution in [3.8, 4) is 17.4 Å². The van der Waals surface area contributed by atoms with E-state index in [1.54, 1.807) is 42.0 Å². The highest BCUT2D eigenvalue weighted by atomic mass is 19.1. The topological polar surface area (TPSA) is 74.8 Å². The van der Waals surface area contributed by atoms with Crippen LogP contribution in [0, 0.1) is 19.7 Å². The fourth-order valence-electron chi connectivity index (χ4n) is 3.30. The van der Waals surface area contributed by atoms with E-state index in [4.69, 9.17) is 4.74 Å². The lowest BCUT2D eigenvalue weighted by atomic mass is 10.2. The summed E-state index contributed by atoms with van der Waals surface area (Å²) in [4.78, 5) is 21.2. The van der Waals surface area contributed by atoms with Crippen molar-refractivity contribution in [2.75, 3.05) is 7.11 Å². The number of halogens is 1. The first-order valence-electron chi connectivity index (χ1n) is 8.24. The van der Waals surface area contributed by atoms with Crippen LogP contribution in [0.4, 0.5) is 4.39 Å². The van der Waals surface area contributed by atoms with Crippen molar-refractivity contribution in [3.05, 3.63) is 70.4 Å². The Balaban J connectivity index is 2.03. The Morgan fingerprint density at radius 3 is 2.52 bits per heavy atom. The van der Waals surface area contributed by atoms with Gasteiger partial charge in [-0.05, 0) is 32.0 Å².